The third kappa shape index (κ3) is 3.82. The first-order valence-electron chi connectivity index (χ1n) is 6.64. The van der Waals surface area contributed by atoms with Crippen molar-refractivity contribution in [2.45, 2.75) is 26.1 Å². The number of ether oxygens (including phenoxy) is 3. The van der Waals surface area contributed by atoms with Gasteiger partial charge < -0.3 is 18.8 Å². The number of esters is 2. The van der Waals surface area contributed by atoms with E-state index in [1.54, 1.807) is 13.8 Å². The highest BCUT2D eigenvalue weighted by molar-refractivity contribution is 5.87. The summed E-state index contributed by atoms with van der Waals surface area (Å²) in [6.07, 6.45) is 0.0885. The summed E-state index contributed by atoms with van der Waals surface area (Å²) in [5.74, 6) is -1.73. The van der Waals surface area contributed by atoms with Crippen LogP contribution in [0.1, 0.15) is 30.6 Å². The molecule has 0 radical (unpaired) electrons. The van der Waals surface area contributed by atoms with Crippen molar-refractivity contribution in [1.82, 2.24) is 4.57 Å². The highest BCUT2D eigenvalue weighted by atomic mass is 16.6. The van der Waals surface area contributed by atoms with Crippen LogP contribution in [-0.4, -0.2) is 47.8 Å². The summed E-state index contributed by atoms with van der Waals surface area (Å²) in [6, 6.07) is 1.12. The fourth-order valence-electron chi connectivity index (χ4n) is 1.92. The van der Waals surface area contributed by atoms with E-state index in [1.165, 1.54) is 30.0 Å². The summed E-state index contributed by atoms with van der Waals surface area (Å²) < 4.78 is 15.9. The zero-order valence-electron chi connectivity index (χ0n) is 12.6. The van der Waals surface area contributed by atoms with Gasteiger partial charge in [-0.25, -0.2) is 9.59 Å². The second-order valence-corrected chi connectivity index (χ2v) is 4.12. The third-order valence-electron chi connectivity index (χ3n) is 2.81. The first kappa shape index (κ1) is 17.6. The summed E-state index contributed by atoms with van der Waals surface area (Å²) in [5.41, 5.74) is 0.0390. The molecule has 9 heteroatoms. The molecule has 1 rings (SSSR count). The summed E-state index contributed by atoms with van der Waals surface area (Å²) in [4.78, 5) is 34.1. The van der Waals surface area contributed by atoms with Crippen molar-refractivity contribution in [3.05, 3.63) is 34.1 Å². The molecule has 22 heavy (non-hydrogen) atoms. The van der Waals surface area contributed by atoms with Crippen LogP contribution >= 0.6 is 0 Å². The van der Waals surface area contributed by atoms with Crippen LogP contribution in [0.2, 0.25) is 0 Å². The van der Waals surface area contributed by atoms with Crippen molar-refractivity contribution >= 4 is 11.9 Å². The molecule has 2 unspecified atom stereocenters. The second kappa shape index (κ2) is 8.13. The van der Waals surface area contributed by atoms with Gasteiger partial charge in [0, 0.05) is 17.7 Å². The predicted octanol–water partition coefficient (Wildman–Crippen LogP) is 1.02. The number of carbonyl (C=O) groups excluding carboxylic acids is 2. The Kier molecular flexibility index (Phi) is 6.51. The van der Waals surface area contributed by atoms with E-state index >= 15 is 0 Å². The number of nitro groups is 1. The molecule has 9 nitrogen and oxygen atoms in total. The van der Waals surface area contributed by atoms with Crippen molar-refractivity contribution in [2.24, 2.45) is 0 Å². The van der Waals surface area contributed by atoms with Crippen LogP contribution < -0.4 is 0 Å². The van der Waals surface area contributed by atoms with Crippen molar-refractivity contribution in [1.29, 1.82) is 0 Å². The highest BCUT2D eigenvalue weighted by Gasteiger charge is 2.43. The van der Waals surface area contributed by atoms with Crippen LogP contribution in [0.4, 0.5) is 0 Å². The standard InChI is InChI=1S/C13H18N2O7/c1-4-21-11(10(15(18)19)13(17)22-5-2)14-8-6-7-9(14)12(16)20-3/h6-8,10-11H,4-5H2,1-3H3. The Balaban J connectivity index is 3.26. The molecule has 1 aromatic rings. The smallest absolute Gasteiger partial charge is 0.386 e. The lowest BCUT2D eigenvalue weighted by Gasteiger charge is -2.22. The van der Waals surface area contributed by atoms with E-state index in [4.69, 9.17) is 9.47 Å². The lowest BCUT2D eigenvalue weighted by atomic mass is 10.2. The van der Waals surface area contributed by atoms with Gasteiger partial charge in [-0.1, -0.05) is 0 Å². The largest absolute Gasteiger partial charge is 0.464 e. The number of hydrogen-bond donors (Lipinski definition) is 0. The number of nitrogens with zero attached hydrogens (tertiary/aromatic N) is 2. The molecule has 0 spiro atoms. The molecule has 0 bridgehead atoms. The van der Waals surface area contributed by atoms with E-state index in [0.29, 0.717) is 0 Å². The summed E-state index contributed by atoms with van der Waals surface area (Å²) >= 11 is 0. The van der Waals surface area contributed by atoms with Crippen LogP contribution in [0.3, 0.4) is 0 Å². The molecule has 1 aromatic heterocycles. The zero-order valence-corrected chi connectivity index (χ0v) is 12.6. The second-order valence-electron chi connectivity index (χ2n) is 4.12. The van der Waals surface area contributed by atoms with Gasteiger partial charge in [0.1, 0.15) is 5.69 Å². The van der Waals surface area contributed by atoms with Gasteiger partial charge in [-0.2, -0.15) is 0 Å². The molecule has 0 N–H and O–H groups in total. The molecule has 0 aliphatic heterocycles. The maximum absolute atomic E-state index is 11.9. The van der Waals surface area contributed by atoms with Gasteiger partial charge in [-0.05, 0) is 26.0 Å². The summed E-state index contributed by atoms with van der Waals surface area (Å²) in [6.45, 7) is 3.27. The van der Waals surface area contributed by atoms with E-state index in [-0.39, 0.29) is 18.9 Å². The first-order chi connectivity index (χ1) is 10.5. The maximum atomic E-state index is 11.9. The Hall–Kier alpha value is -2.42. The minimum Gasteiger partial charge on any atom is -0.464 e. The van der Waals surface area contributed by atoms with Gasteiger partial charge in [-0.3, -0.25) is 10.1 Å². The Morgan fingerprint density at radius 1 is 1.36 bits per heavy atom. The Morgan fingerprint density at radius 3 is 2.55 bits per heavy atom. The van der Waals surface area contributed by atoms with Crippen LogP contribution in [0, 0.1) is 10.1 Å². The van der Waals surface area contributed by atoms with Crippen molar-refractivity contribution < 1.29 is 28.7 Å². The number of carbonyl (C=O) groups is 2. The van der Waals surface area contributed by atoms with Crippen LogP contribution in [0.25, 0.3) is 0 Å². The lowest BCUT2D eigenvalue weighted by Crippen LogP contribution is -2.41. The van der Waals surface area contributed by atoms with Crippen molar-refractivity contribution in [3.63, 3.8) is 0 Å². The van der Waals surface area contributed by atoms with Crippen LogP contribution in [0.5, 0.6) is 0 Å². The minimum atomic E-state index is -1.80. The summed E-state index contributed by atoms with van der Waals surface area (Å²) in [5, 5.41) is 11.3. The van der Waals surface area contributed by atoms with Gasteiger partial charge in [0.15, 0.2) is 0 Å². The zero-order chi connectivity index (χ0) is 16.7. The Bertz CT molecular complexity index is 540. The number of methoxy groups -OCH3 is 1. The third-order valence-corrected chi connectivity index (χ3v) is 2.81. The number of rotatable bonds is 8. The molecule has 0 amide bonds. The molecule has 2 atom stereocenters. The number of hydrogen-bond acceptors (Lipinski definition) is 7. The van der Waals surface area contributed by atoms with E-state index < -0.39 is 29.1 Å². The minimum absolute atomic E-state index is 0.00242. The molecule has 0 aromatic carbocycles. The molecule has 0 aliphatic carbocycles. The topological polar surface area (TPSA) is 110 Å². The molecular weight excluding hydrogens is 296 g/mol. The molecule has 122 valence electrons. The van der Waals surface area contributed by atoms with Crippen molar-refractivity contribution in [3.8, 4) is 0 Å². The summed E-state index contributed by atoms with van der Waals surface area (Å²) in [7, 11) is 1.19. The first-order valence-corrected chi connectivity index (χ1v) is 6.64. The predicted molar refractivity (Wildman–Crippen MR) is 73.8 cm³/mol. The van der Waals surface area contributed by atoms with Gasteiger partial charge in [0.05, 0.1) is 13.7 Å². The van der Waals surface area contributed by atoms with E-state index in [1.807, 2.05) is 0 Å². The molecular formula is C13H18N2O7. The number of aromatic nitrogens is 1. The van der Waals surface area contributed by atoms with Crippen molar-refractivity contribution in [2.75, 3.05) is 20.3 Å². The maximum Gasteiger partial charge on any atom is 0.386 e. The SMILES string of the molecule is CCOC(=O)C(C(OCC)n1cccc1C(=O)OC)[N+](=O)[O-]. The van der Waals surface area contributed by atoms with Crippen LogP contribution in [-0.2, 0) is 19.0 Å². The monoisotopic (exact) mass is 314 g/mol. The molecule has 0 fully saturated rings. The van der Waals surface area contributed by atoms with Gasteiger partial charge in [-0.15, -0.1) is 0 Å². The molecule has 1 heterocycles. The fraction of sp³-hybridized carbons (Fsp3) is 0.538. The average Bonchev–Trinajstić information content (AvgIpc) is 2.95. The Morgan fingerprint density at radius 2 is 2.05 bits per heavy atom. The van der Waals surface area contributed by atoms with Gasteiger partial charge in [0.2, 0.25) is 6.23 Å². The fourth-order valence-corrected chi connectivity index (χ4v) is 1.92. The quantitative estimate of drug-likeness (QED) is 0.400. The average molecular weight is 314 g/mol. The van der Waals surface area contributed by atoms with Gasteiger partial charge >= 0.3 is 18.0 Å². The molecule has 0 aliphatic rings. The molecule has 0 saturated carbocycles. The molecule has 0 saturated heterocycles. The lowest BCUT2D eigenvalue weighted by molar-refractivity contribution is -0.529. The normalized spacial score (nSPS) is 13.2. The Labute approximate surface area is 126 Å². The van der Waals surface area contributed by atoms with Crippen LogP contribution in [0.15, 0.2) is 18.3 Å². The van der Waals surface area contributed by atoms with Gasteiger partial charge in [0.25, 0.3) is 0 Å². The highest BCUT2D eigenvalue weighted by Crippen LogP contribution is 2.21. The van der Waals surface area contributed by atoms with E-state index in [0.717, 1.165) is 0 Å². The van der Waals surface area contributed by atoms with E-state index in [9.17, 15) is 19.7 Å². The van der Waals surface area contributed by atoms with E-state index in [2.05, 4.69) is 4.74 Å².